The number of carbonyl (C=O) groups is 1. The van der Waals surface area contributed by atoms with Crippen molar-refractivity contribution in [3.8, 4) is 0 Å². The van der Waals surface area contributed by atoms with Crippen molar-refractivity contribution in [2.75, 3.05) is 31.1 Å². The standard InChI is InChI=1S/C14H22N4O/c1-10-8-13(11(2)15)9-16-14(10)18-6-4-17(5-7-18)12(3)19/h8-9,11H,4-7,15H2,1-3H3. The molecule has 0 spiro atoms. The van der Waals surface area contributed by atoms with Crippen molar-refractivity contribution in [2.45, 2.75) is 26.8 Å². The number of amides is 1. The molecule has 1 atom stereocenters. The first-order valence-electron chi connectivity index (χ1n) is 6.71. The van der Waals surface area contributed by atoms with Gasteiger partial charge in [0.15, 0.2) is 0 Å². The van der Waals surface area contributed by atoms with Crippen LogP contribution in [0.2, 0.25) is 0 Å². The second kappa shape index (κ2) is 5.57. The second-order valence-electron chi connectivity index (χ2n) is 5.19. The van der Waals surface area contributed by atoms with Crippen LogP contribution in [0.3, 0.4) is 0 Å². The summed E-state index contributed by atoms with van der Waals surface area (Å²) in [5, 5.41) is 0. The number of carbonyl (C=O) groups excluding carboxylic acids is 1. The van der Waals surface area contributed by atoms with Crippen molar-refractivity contribution in [3.63, 3.8) is 0 Å². The van der Waals surface area contributed by atoms with Crippen LogP contribution in [0.5, 0.6) is 0 Å². The molecule has 19 heavy (non-hydrogen) atoms. The second-order valence-corrected chi connectivity index (χ2v) is 5.19. The van der Waals surface area contributed by atoms with Crippen molar-refractivity contribution < 1.29 is 4.79 Å². The molecule has 104 valence electrons. The molecular formula is C14H22N4O. The summed E-state index contributed by atoms with van der Waals surface area (Å²) in [5.41, 5.74) is 8.07. The van der Waals surface area contributed by atoms with Crippen LogP contribution in [-0.2, 0) is 4.79 Å². The smallest absolute Gasteiger partial charge is 0.219 e. The maximum atomic E-state index is 11.3. The number of hydrogen-bond donors (Lipinski definition) is 1. The van der Waals surface area contributed by atoms with E-state index in [1.807, 2.05) is 18.0 Å². The van der Waals surface area contributed by atoms with Gasteiger partial charge in [-0.15, -0.1) is 0 Å². The van der Waals surface area contributed by atoms with Crippen molar-refractivity contribution in [1.82, 2.24) is 9.88 Å². The van der Waals surface area contributed by atoms with Gasteiger partial charge in [-0.3, -0.25) is 4.79 Å². The van der Waals surface area contributed by atoms with Crippen LogP contribution in [0.1, 0.15) is 31.0 Å². The molecule has 2 rings (SSSR count). The van der Waals surface area contributed by atoms with Crippen LogP contribution in [0.25, 0.3) is 0 Å². The molecule has 1 amide bonds. The van der Waals surface area contributed by atoms with Gasteiger partial charge in [0.1, 0.15) is 5.82 Å². The van der Waals surface area contributed by atoms with Crippen molar-refractivity contribution in [1.29, 1.82) is 0 Å². The normalized spacial score (nSPS) is 17.5. The van der Waals surface area contributed by atoms with Gasteiger partial charge in [0.05, 0.1) is 0 Å². The van der Waals surface area contributed by atoms with Crippen LogP contribution in [0.4, 0.5) is 5.82 Å². The van der Waals surface area contributed by atoms with Gasteiger partial charge in [0, 0.05) is 45.3 Å². The third-order valence-electron chi connectivity index (χ3n) is 3.62. The number of pyridine rings is 1. The van der Waals surface area contributed by atoms with Crippen molar-refractivity contribution in [3.05, 3.63) is 23.4 Å². The number of aromatic nitrogens is 1. The number of anilines is 1. The zero-order valence-corrected chi connectivity index (χ0v) is 11.9. The topological polar surface area (TPSA) is 62.5 Å². The van der Waals surface area contributed by atoms with E-state index in [4.69, 9.17) is 5.73 Å². The molecule has 1 aliphatic heterocycles. The SMILES string of the molecule is CC(=O)N1CCN(c2ncc(C(C)N)cc2C)CC1. The molecule has 1 fully saturated rings. The highest BCUT2D eigenvalue weighted by atomic mass is 16.2. The molecule has 2 heterocycles. The Kier molecular flexibility index (Phi) is 4.04. The predicted octanol–water partition coefficient (Wildman–Crippen LogP) is 1.08. The highest BCUT2D eigenvalue weighted by Gasteiger charge is 2.20. The van der Waals surface area contributed by atoms with Gasteiger partial charge in [-0.25, -0.2) is 4.98 Å². The Morgan fingerprint density at radius 3 is 2.47 bits per heavy atom. The Morgan fingerprint density at radius 2 is 2.00 bits per heavy atom. The van der Waals surface area contributed by atoms with E-state index >= 15 is 0 Å². The van der Waals surface area contributed by atoms with E-state index < -0.39 is 0 Å². The molecule has 0 bridgehead atoms. The molecule has 1 aromatic heterocycles. The number of aryl methyl sites for hydroxylation is 1. The number of hydrogen-bond acceptors (Lipinski definition) is 4. The quantitative estimate of drug-likeness (QED) is 0.866. The Balaban J connectivity index is 2.09. The number of piperazine rings is 1. The van der Waals surface area contributed by atoms with E-state index in [9.17, 15) is 4.79 Å². The third-order valence-corrected chi connectivity index (χ3v) is 3.62. The lowest BCUT2D eigenvalue weighted by Crippen LogP contribution is -2.48. The molecule has 1 aromatic rings. The molecule has 0 aliphatic carbocycles. The van der Waals surface area contributed by atoms with Crippen LogP contribution < -0.4 is 10.6 Å². The van der Waals surface area contributed by atoms with E-state index in [0.29, 0.717) is 0 Å². The maximum Gasteiger partial charge on any atom is 0.219 e. The van der Waals surface area contributed by atoms with E-state index in [-0.39, 0.29) is 11.9 Å². The molecule has 1 unspecified atom stereocenters. The number of nitrogens with two attached hydrogens (primary N) is 1. The minimum atomic E-state index is 0.00908. The molecule has 5 heteroatoms. The molecule has 5 nitrogen and oxygen atoms in total. The number of nitrogens with zero attached hydrogens (tertiary/aromatic N) is 3. The number of rotatable bonds is 2. The van der Waals surface area contributed by atoms with Gasteiger partial charge in [0.2, 0.25) is 5.91 Å². The summed E-state index contributed by atoms with van der Waals surface area (Å²) in [4.78, 5) is 20.0. The fourth-order valence-corrected chi connectivity index (χ4v) is 2.40. The van der Waals surface area contributed by atoms with Crippen LogP contribution in [0.15, 0.2) is 12.3 Å². The van der Waals surface area contributed by atoms with Crippen molar-refractivity contribution >= 4 is 11.7 Å². The highest BCUT2D eigenvalue weighted by molar-refractivity contribution is 5.73. The first-order chi connectivity index (χ1) is 8.99. The molecule has 0 aromatic carbocycles. The molecule has 0 saturated carbocycles. The Morgan fingerprint density at radius 1 is 1.37 bits per heavy atom. The fourth-order valence-electron chi connectivity index (χ4n) is 2.40. The summed E-state index contributed by atoms with van der Waals surface area (Å²) in [5.74, 6) is 1.16. The Bertz CT molecular complexity index is 465. The average Bonchev–Trinajstić information content (AvgIpc) is 2.38. The monoisotopic (exact) mass is 262 g/mol. The lowest BCUT2D eigenvalue weighted by molar-refractivity contribution is -0.129. The van der Waals surface area contributed by atoms with Gasteiger partial charge < -0.3 is 15.5 Å². The molecule has 2 N–H and O–H groups in total. The van der Waals surface area contributed by atoms with E-state index in [0.717, 1.165) is 43.1 Å². The average molecular weight is 262 g/mol. The maximum absolute atomic E-state index is 11.3. The van der Waals surface area contributed by atoms with Crippen LogP contribution in [-0.4, -0.2) is 42.0 Å². The first kappa shape index (κ1) is 13.8. The minimum Gasteiger partial charge on any atom is -0.353 e. The first-order valence-corrected chi connectivity index (χ1v) is 6.71. The predicted molar refractivity (Wildman–Crippen MR) is 76.0 cm³/mol. The fraction of sp³-hybridized carbons (Fsp3) is 0.571. The molecular weight excluding hydrogens is 240 g/mol. The van der Waals surface area contributed by atoms with Crippen molar-refractivity contribution in [2.24, 2.45) is 5.73 Å². The minimum absolute atomic E-state index is 0.00908. The third kappa shape index (κ3) is 3.04. The van der Waals surface area contributed by atoms with Gasteiger partial charge in [-0.1, -0.05) is 0 Å². The largest absolute Gasteiger partial charge is 0.353 e. The lowest BCUT2D eigenvalue weighted by Gasteiger charge is -2.35. The zero-order chi connectivity index (χ0) is 14.0. The van der Waals surface area contributed by atoms with Crippen LogP contribution >= 0.6 is 0 Å². The zero-order valence-electron chi connectivity index (χ0n) is 11.9. The summed E-state index contributed by atoms with van der Waals surface area (Å²) in [6.45, 7) is 8.86. The van der Waals surface area contributed by atoms with Gasteiger partial charge in [0.25, 0.3) is 0 Å². The summed E-state index contributed by atoms with van der Waals surface area (Å²) in [6, 6.07) is 2.11. The summed E-state index contributed by atoms with van der Waals surface area (Å²) in [6.07, 6.45) is 1.85. The highest BCUT2D eigenvalue weighted by Crippen LogP contribution is 2.21. The van der Waals surface area contributed by atoms with E-state index in [1.165, 1.54) is 0 Å². The molecule has 1 aliphatic rings. The Hall–Kier alpha value is -1.62. The summed E-state index contributed by atoms with van der Waals surface area (Å²) < 4.78 is 0. The van der Waals surface area contributed by atoms with E-state index in [2.05, 4.69) is 22.9 Å². The summed E-state index contributed by atoms with van der Waals surface area (Å²) in [7, 11) is 0. The van der Waals surface area contributed by atoms with Gasteiger partial charge >= 0.3 is 0 Å². The Labute approximate surface area is 114 Å². The molecule has 0 radical (unpaired) electrons. The lowest BCUT2D eigenvalue weighted by atomic mass is 10.1. The summed E-state index contributed by atoms with van der Waals surface area (Å²) >= 11 is 0. The van der Waals surface area contributed by atoms with Gasteiger partial charge in [-0.2, -0.15) is 0 Å². The van der Waals surface area contributed by atoms with Gasteiger partial charge in [-0.05, 0) is 31.0 Å². The van der Waals surface area contributed by atoms with E-state index in [1.54, 1.807) is 6.92 Å². The van der Waals surface area contributed by atoms with Crippen LogP contribution in [0, 0.1) is 6.92 Å². The molecule has 1 saturated heterocycles.